The zero-order valence-electron chi connectivity index (χ0n) is 13.0. The molecule has 0 amide bonds. The first-order chi connectivity index (χ1) is 11.0. The summed E-state index contributed by atoms with van der Waals surface area (Å²) < 4.78 is 23.2. The van der Waals surface area contributed by atoms with Crippen molar-refractivity contribution in [3.8, 4) is 0 Å². The standard InChI is InChI=1S/C17H16FNO4/c1-11-7-8-12(18)10-14(11)19-9-5-4-6-13(16(20)22-2)15(19)17(21)23-3/h4-10H,1-3H3. The molecule has 1 aliphatic rings. The Morgan fingerprint density at radius 1 is 1.09 bits per heavy atom. The molecule has 120 valence electrons. The highest BCUT2D eigenvalue weighted by molar-refractivity contribution is 6.05. The topological polar surface area (TPSA) is 55.8 Å². The molecule has 0 spiro atoms. The van der Waals surface area contributed by atoms with Gasteiger partial charge in [0.2, 0.25) is 0 Å². The number of allylic oxidation sites excluding steroid dienone is 2. The Morgan fingerprint density at radius 3 is 2.43 bits per heavy atom. The zero-order valence-corrected chi connectivity index (χ0v) is 13.0. The van der Waals surface area contributed by atoms with Crippen LogP contribution in [-0.4, -0.2) is 26.2 Å². The highest BCUT2D eigenvalue weighted by Gasteiger charge is 2.28. The predicted molar refractivity (Wildman–Crippen MR) is 83.0 cm³/mol. The number of aryl methyl sites for hydroxylation is 1. The monoisotopic (exact) mass is 317 g/mol. The Labute approximate surface area is 133 Å². The lowest BCUT2D eigenvalue weighted by Crippen LogP contribution is -2.27. The van der Waals surface area contributed by atoms with Crippen molar-refractivity contribution in [3.63, 3.8) is 0 Å². The minimum Gasteiger partial charge on any atom is -0.465 e. The van der Waals surface area contributed by atoms with Crippen molar-refractivity contribution in [2.75, 3.05) is 19.1 Å². The maximum absolute atomic E-state index is 13.6. The molecular formula is C17H16FNO4. The molecule has 1 aliphatic heterocycles. The summed E-state index contributed by atoms with van der Waals surface area (Å²) in [5.41, 5.74) is 1.13. The average Bonchev–Trinajstić information content (AvgIpc) is 2.78. The van der Waals surface area contributed by atoms with Gasteiger partial charge in [-0.1, -0.05) is 12.1 Å². The second-order valence-electron chi connectivity index (χ2n) is 4.75. The van der Waals surface area contributed by atoms with Gasteiger partial charge in [-0.15, -0.1) is 0 Å². The number of anilines is 1. The second kappa shape index (κ2) is 6.91. The smallest absolute Gasteiger partial charge is 0.355 e. The van der Waals surface area contributed by atoms with E-state index < -0.39 is 17.8 Å². The van der Waals surface area contributed by atoms with E-state index in [-0.39, 0.29) is 11.3 Å². The van der Waals surface area contributed by atoms with E-state index >= 15 is 0 Å². The van der Waals surface area contributed by atoms with Gasteiger partial charge in [-0.25, -0.2) is 14.0 Å². The molecule has 2 rings (SSSR count). The molecular weight excluding hydrogens is 301 g/mol. The third-order valence-corrected chi connectivity index (χ3v) is 3.32. The summed E-state index contributed by atoms with van der Waals surface area (Å²) in [5, 5.41) is 0. The zero-order chi connectivity index (χ0) is 17.0. The van der Waals surface area contributed by atoms with Crippen LogP contribution in [0.2, 0.25) is 0 Å². The van der Waals surface area contributed by atoms with E-state index in [9.17, 15) is 14.0 Å². The van der Waals surface area contributed by atoms with Gasteiger partial charge in [-0.05, 0) is 36.8 Å². The largest absolute Gasteiger partial charge is 0.465 e. The first kappa shape index (κ1) is 16.5. The third-order valence-electron chi connectivity index (χ3n) is 3.32. The lowest BCUT2D eigenvalue weighted by Gasteiger charge is -2.24. The van der Waals surface area contributed by atoms with Crippen LogP contribution < -0.4 is 4.90 Å². The van der Waals surface area contributed by atoms with Gasteiger partial charge in [-0.2, -0.15) is 0 Å². The van der Waals surface area contributed by atoms with Crippen LogP contribution >= 0.6 is 0 Å². The van der Waals surface area contributed by atoms with Crippen molar-refractivity contribution in [3.05, 3.63) is 65.3 Å². The van der Waals surface area contributed by atoms with Crippen molar-refractivity contribution >= 4 is 17.6 Å². The molecule has 0 unspecified atom stereocenters. The number of hydrogen-bond donors (Lipinski definition) is 0. The van der Waals surface area contributed by atoms with E-state index in [1.165, 1.54) is 37.3 Å². The normalized spacial score (nSPS) is 13.8. The minimum atomic E-state index is -0.731. The van der Waals surface area contributed by atoms with Crippen LogP contribution in [0.5, 0.6) is 0 Å². The first-order valence-corrected chi connectivity index (χ1v) is 6.80. The van der Waals surface area contributed by atoms with E-state index in [2.05, 4.69) is 0 Å². The maximum Gasteiger partial charge on any atom is 0.355 e. The SMILES string of the molecule is COC(=O)C1=C(C(=O)OC)N(c2cc(F)ccc2C)C=CC=C1. The lowest BCUT2D eigenvalue weighted by molar-refractivity contribution is -0.139. The summed E-state index contributed by atoms with van der Waals surface area (Å²) in [6.45, 7) is 1.77. The van der Waals surface area contributed by atoms with Crippen molar-refractivity contribution in [2.45, 2.75) is 6.92 Å². The van der Waals surface area contributed by atoms with Crippen LogP contribution in [0.4, 0.5) is 10.1 Å². The number of rotatable bonds is 3. The summed E-state index contributed by atoms with van der Waals surface area (Å²) in [6, 6.07) is 4.19. The summed E-state index contributed by atoms with van der Waals surface area (Å²) in [5.74, 6) is -1.88. The van der Waals surface area contributed by atoms with E-state index in [0.717, 1.165) is 5.56 Å². The van der Waals surface area contributed by atoms with Gasteiger partial charge in [-0.3, -0.25) is 0 Å². The van der Waals surface area contributed by atoms with Crippen LogP contribution in [0.15, 0.2) is 53.9 Å². The van der Waals surface area contributed by atoms with Crippen LogP contribution in [-0.2, 0) is 19.1 Å². The molecule has 0 atom stereocenters. The fraction of sp³-hybridized carbons (Fsp3) is 0.176. The molecule has 1 heterocycles. The van der Waals surface area contributed by atoms with Crippen LogP contribution in [0.1, 0.15) is 5.56 Å². The molecule has 23 heavy (non-hydrogen) atoms. The van der Waals surface area contributed by atoms with Crippen molar-refractivity contribution < 1.29 is 23.5 Å². The fourth-order valence-corrected chi connectivity index (χ4v) is 2.19. The molecule has 0 radical (unpaired) electrons. The van der Waals surface area contributed by atoms with Crippen molar-refractivity contribution in [2.24, 2.45) is 0 Å². The molecule has 0 aromatic heterocycles. The number of ether oxygens (including phenoxy) is 2. The average molecular weight is 317 g/mol. The molecule has 0 aliphatic carbocycles. The van der Waals surface area contributed by atoms with Crippen molar-refractivity contribution in [1.82, 2.24) is 0 Å². The molecule has 0 N–H and O–H groups in total. The number of nitrogens with zero attached hydrogens (tertiary/aromatic N) is 1. The predicted octanol–water partition coefficient (Wildman–Crippen LogP) is 2.62. The van der Waals surface area contributed by atoms with Crippen LogP contribution in [0.3, 0.4) is 0 Å². The highest BCUT2D eigenvalue weighted by atomic mass is 19.1. The number of halogens is 1. The molecule has 1 aromatic carbocycles. The number of esters is 2. The highest BCUT2D eigenvalue weighted by Crippen LogP contribution is 2.29. The summed E-state index contributed by atoms with van der Waals surface area (Å²) in [4.78, 5) is 25.7. The Kier molecular flexibility index (Phi) is 4.95. The minimum absolute atomic E-state index is 0.0213. The molecule has 0 saturated carbocycles. The quantitative estimate of drug-likeness (QED) is 0.802. The summed E-state index contributed by atoms with van der Waals surface area (Å²) in [6.07, 6.45) is 6.22. The number of methoxy groups -OCH3 is 2. The van der Waals surface area contributed by atoms with Gasteiger partial charge < -0.3 is 14.4 Å². The second-order valence-corrected chi connectivity index (χ2v) is 4.75. The van der Waals surface area contributed by atoms with Crippen LogP contribution in [0, 0.1) is 12.7 Å². The number of hydrogen-bond acceptors (Lipinski definition) is 5. The van der Waals surface area contributed by atoms with Crippen molar-refractivity contribution in [1.29, 1.82) is 0 Å². The van der Waals surface area contributed by atoms with Gasteiger partial charge in [0.15, 0.2) is 0 Å². The number of carbonyl (C=O) groups excluding carboxylic acids is 2. The van der Waals surface area contributed by atoms with Crippen LogP contribution in [0.25, 0.3) is 0 Å². The van der Waals surface area contributed by atoms with Gasteiger partial charge in [0.25, 0.3) is 0 Å². The first-order valence-electron chi connectivity index (χ1n) is 6.80. The van der Waals surface area contributed by atoms with Gasteiger partial charge in [0, 0.05) is 6.20 Å². The van der Waals surface area contributed by atoms with E-state index in [1.807, 2.05) is 0 Å². The van der Waals surface area contributed by atoms with Gasteiger partial charge in [0.1, 0.15) is 11.5 Å². The molecule has 0 saturated heterocycles. The molecule has 0 fully saturated rings. The molecule has 0 bridgehead atoms. The summed E-state index contributed by atoms with van der Waals surface area (Å²) >= 11 is 0. The van der Waals surface area contributed by atoms with E-state index in [1.54, 1.807) is 31.3 Å². The Balaban J connectivity index is 2.71. The van der Waals surface area contributed by atoms with E-state index in [0.29, 0.717) is 5.69 Å². The molecule has 5 nitrogen and oxygen atoms in total. The van der Waals surface area contributed by atoms with Gasteiger partial charge >= 0.3 is 11.9 Å². The number of benzene rings is 1. The Morgan fingerprint density at radius 2 is 1.78 bits per heavy atom. The molecule has 1 aromatic rings. The number of carbonyl (C=O) groups is 2. The summed E-state index contributed by atoms with van der Waals surface area (Å²) in [7, 11) is 2.42. The Hall–Kier alpha value is -2.89. The Bertz CT molecular complexity index is 734. The third kappa shape index (κ3) is 3.31. The lowest BCUT2D eigenvalue weighted by atomic mass is 10.1. The van der Waals surface area contributed by atoms with E-state index in [4.69, 9.17) is 9.47 Å². The fourth-order valence-electron chi connectivity index (χ4n) is 2.19. The van der Waals surface area contributed by atoms with Gasteiger partial charge in [0.05, 0.1) is 25.5 Å². The molecule has 6 heteroatoms. The maximum atomic E-state index is 13.6.